The van der Waals surface area contributed by atoms with E-state index in [-0.39, 0.29) is 28.5 Å². The van der Waals surface area contributed by atoms with Gasteiger partial charge in [-0.1, -0.05) is 24.3 Å². The molecule has 3 N–H and O–H groups in total. The highest BCUT2D eigenvalue weighted by Crippen LogP contribution is 2.30. The number of nitrogens with two attached hydrogens (primary N) is 1. The molecule has 1 aliphatic heterocycles. The number of carbonyl (C=O) groups excluding carboxylic acids is 2. The number of nitrogens with zero attached hydrogens (tertiary/aromatic N) is 1. The molecule has 0 bridgehead atoms. The lowest BCUT2D eigenvalue weighted by atomic mass is 9.95. The van der Waals surface area contributed by atoms with Crippen molar-refractivity contribution in [1.82, 2.24) is 10.2 Å². The molecule has 0 spiro atoms. The largest absolute Gasteiger partial charge is 0.496 e. The first kappa shape index (κ1) is 23.2. The van der Waals surface area contributed by atoms with Crippen LogP contribution in [-0.4, -0.2) is 45.3 Å². The maximum absolute atomic E-state index is 13.3. The number of hydrogen-bond acceptors (Lipinski definition) is 6. The maximum atomic E-state index is 13.3. The second-order valence-electron chi connectivity index (χ2n) is 7.93. The monoisotopic (exact) mass is 487 g/mol. The summed E-state index contributed by atoms with van der Waals surface area (Å²) >= 11 is 1.03. The van der Waals surface area contributed by atoms with Gasteiger partial charge in [-0.25, -0.2) is 13.6 Å². The minimum absolute atomic E-state index is 0.0629. The number of sulfonamides is 1. The highest BCUT2D eigenvalue weighted by atomic mass is 32.2. The number of carbonyl (C=O) groups is 2. The van der Waals surface area contributed by atoms with Crippen LogP contribution in [-0.2, 0) is 21.4 Å². The van der Waals surface area contributed by atoms with Crippen molar-refractivity contribution in [3.63, 3.8) is 0 Å². The molecule has 2 heterocycles. The predicted octanol–water partition coefficient (Wildman–Crippen LogP) is 2.73. The lowest BCUT2D eigenvalue weighted by molar-refractivity contribution is -0.126. The third-order valence-electron chi connectivity index (χ3n) is 5.77. The second kappa shape index (κ2) is 9.50. The fourth-order valence-corrected chi connectivity index (χ4v) is 5.82. The summed E-state index contributed by atoms with van der Waals surface area (Å²) in [6.45, 7) is 1.14. The maximum Gasteiger partial charge on any atom is 0.254 e. The average Bonchev–Trinajstić information content (AvgIpc) is 3.31. The van der Waals surface area contributed by atoms with Gasteiger partial charge in [0.1, 0.15) is 9.96 Å². The van der Waals surface area contributed by atoms with Crippen molar-refractivity contribution < 1.29 is 22.7 Å². The smallest absolute Gasteiger partial charge is 0.254 e. The molecular formula is C23H25N3O5S2. The fraction of sp³-hybridized carbons (Fsp3) is 0.304. The van der Waals surface area contributed by atoms with Gasteiger partial charge in [-0.15, -0.1) is 11.3 Å². The van der Waals surface area contributed by atoms with Gasteiger partial charge >= 0.3 is 0 Å². The Morgan fingerprint density at radius 2 is 1.91 bits per heavy atom. The number of ether oxygens (including phenoxy) is 1. The molecule has 4 rings (SSSR count). The number of nitrogens with one attached hydrogen (secondary N) is 1. The number of rotatable bonds is 6. The standard InChI is InChI=1S/C23H25N3O5S2/c1-31-20-10-9-19(17-6-2-3-7-18(17)20)23(28)26-12-4-5-15(14-26)22(27)25-13-16-8-11-21(32-16)33(24,29)30/h2-3,6-11,15H,4-5,12-14H2,1H3,(H,25,27)(H2,24,29,30)/t15-/m1/s1. The Kier molecular flexibility index (Phi) is 6.68. The van der Waals surface area contributed by atoms with Crippen LogP contribution in [0.5, 0.6) is 5.75 Å². The van der Waals surface area contributed by atoms with Crippen molar-refractivity contribution >= 4 is 43.9 Å². The zero-order chi connectivity index (χ0) is 23.6. The van der Waals surface area contributed by atoms with E-state index in [0.29, 0.717) is 35.7 Å². The summed E-state index contributed by atoms with van der Waals surface area (Å²) in [5.41, 5.74) is 0.585. The quantitative estimate of drug-likeness (QED) is 0.554. The summed E-state index contributed by atoms with van der Waals surface area (Å²) in [6, 6.07) is 14.2. The van der Waals surface area contributed by atoms with Crippen LogP contribution in [0, 0.1) is 5.92 Å². The van der Waals surface area contributed by atoms with Gasteiger partial charge in [-0.05, 0) is 42.5 Å². The van der Waals surface area contributed by atoms with Crippen LogP contribution in [0.2, 0.25) is 0 Å². The molecule has 0 radical (unpaired) electrons. The number of piperidine rings is 1. The Balaban J connectivity index is 1.44. The summed E-state index contributed by atoms with van der Waals surface area (Å²) in [6.07, 6.45) is 1.42. The first-order chi connectivity index (χ1) is 15.8. The lowest BCUT2D eigenvalue weighted by Gasteiger charge is -2.32. The fourth-order valence-electron chi connectivity index (χ4n) is 4.11. The molecule has 0 aliphatic carbocycles. The number of thiophene rings is 1. The van der Waals surface area contributed by atoms with Gasteiger partial charge in [0, 0.05) is 28.9 Å². The van der Waals surface area contributed by atoms with Crippen molar-refractivity contribution in [3.05, 3.63) is 59.0 Å². The Morgan fingerprint density at radius 3 is 2.61 bits per heavy atom. The molecule has 2 amide bonds. The summed E-state index contributed by atoms with van der Waals surface area (Å²) in [5, 5.41) is 9.68. The number of benzene rings is 2. The van der Waals surface area contributed by atoms with E-state index >= 15 is 0 Å². The van der Waals surface area contributed by atoms with Crippen molar-refractivity contribution in [3.8, 4) is 5.75 Å². The van der Waals surface area contributed by atoms with E-state index in [1.165, 1.54) is 6.07 Å². The predicted molar refractivity (Wildman–Crippen MR) is 127 cm³/mol. The zero-order valence-corrected chi connectivity index (χ0v) is 19.7. The normalized spacial score (nSPS) is 16.5. The van der Waals surface area contributed by atoms with E-state index in [1.807, 2.05) is 24.3 Å². The Morgan fingerprint density at radius 1 is 1.15 bits per heavy atom. The molecule has 10 heteroatoms. The highest BCUT2D eigenvalue weighted by molar-refractivity contribution is 7.91. The van der Waals surface area contributed by atoms with Gasteiger partial charge in [0.2, 0.25) is 15.9 Å². The van der Waals surface area contributed by atoms with Crippen LogP contribution in [0.4, 0.5) is 0 Å². The van der Waals surface area contributed by atoms with Crippen LogP contribution in [0.1, 0.15) is 28.1 Å². The van der Waals surface area contributed by atoms with Crippen molar-refractivity contribution in [2.45, 2.75) is 23.6 Å². The number of fused-ring (bicyclic) bond motifs is 1. The van der Waals surface area contributed by atoms with Gasteiger partial charge in [0.05, 0.1) is 19.6 Å². The first-order valence-electron chi connectivity index (χ1n) is 10.5. The molecule has 1 atom stereocenters. The molecule has 174 valence electrons. The van der Waals surface area contributed by atoms with Crippen LogP contribution in [0.25, 0.3) is 10.8 Å². The average molecular weight is 488 g/mol. The molecule has 1 aromatic heterocycles. The molecule has 3 aromatic rings. The third-order valence-corrected chi connectivity index (χ3v) is 8.29. The van der Waals surface area contributed by atoms with Crippen molar-refractivity contribution in [1.29, 1.82) is 0 Å². The minimum atomic E-state index is -3.75. The molecule has 1 fully saturated rings. The van der Waals surface area contributed by atoms with E-state index in [9.17, 15) is 18.0 Å². The molecule has 0 unspecified atom stereocenters. The Labute approximate surface area is 196 Å². The number of likely N-dealkylation sites (tertiary alicyclic amines) is 1. The van der Waals surface area contributed by atoms with Crippen LogP contribution < -0.4 is 15.2 Å². The topological polar surface area (TPSA) is 119 Å². The molecule has 2 aromatic carbocycles. The SMILES string of the molecule is COc1ccc(C(=O)N2CCC[C@@H](C(=O)NCc3ccc(S(N)(=O)=O)s3)C2)c2ccccc12. The number of methoxy groups -OCH3 is 1. The molecule has 1 saturated heterocycles. The summed E-state index contributed by atoms with van der Waals surface area (Å²) in [5.74, 6) is 0.113. The van der Waals surface area contributed by atoms with Crippen molar-refractivity contribution in [2.24, 2.45) is 11.1 Å². The molecule has 33 heavy (non-hydrogen) atoms. The van der Waals surface area contributed by atoms with Crippen LogP contribution in [0.3, 0.4) is 0 Å². The van der Waals surface area contributed by atoms with Gasteiger partial charge in [0.15, 0.2) is 0 Å². The van der Waals surface area contributed by atoms with Gasteiger partial charge < -0.3 is 15.0 Å². The van der Waals surface area contributed by atoms with Crippen LogP contribution in [0.15, 0.2) is 52.7 Å². The van der Waals surface area contributed by atoms with Crippen molar-refractivity contribution in [2.75, 3.05) is 20.2 Å². The number of hydrogen-bond donors (Lipinski definition) is 2. The summed E-state index contributed by atoms with van der Waals surface area (Å²) in [4.78, 5) is 28.5. The molecule has 1 aliphatic rings. The third kappa shape index (κ3) is 5.02. The van der Waals surface area contributed by atoms with Crippen LogP contribution >= 0.6 is 11.3 Å². The zero-order valence-electron chi connectivity index (χ0n) is 18.1. The van der Waals surface area contributed by atoms with Gasteiger partial charge in [-0.2, -0.15) is 0 Å². The number of amides is 2. The van der Waals surface area contributed by atoms with E-state index in [4.69, 9.17) is 9.88 Å². The summed E-state index contributed by atoms with van der Waals surface area (Å²) in [7, 11) is -2.15. The molecule has 8 nitrogen and oxygen atoms in total. The highest BCUT2D eigenvalue weighted by Gasteiger charge is 2.29. The lowest BCUT2D eigenvalue weighted by Crippen LogP contribution is -2.45. The van der Waals surface area contributed by atoms with E-state index in [1.54, 1.807) is 30.2 Å². The molecular weight excluding hydrogens is 462 g/mol. The Hall–Kier alpha value is -2.95. The second-order valence-corrected chi connectivity index (χ2v) is 10.9. The molecule has 0 saturated carbocycles. The van der Waals surface area contributed by atoms with E-state index in [2.05, 4.69) is 5.32 Å². The first-order valence-corrected chi connectivity index (χ1v) is 12.9. The van der Waals surface area contributed by atoms with E-state index in [0.717, 1.165) is 28.5 Å². The van der Waals surface area contributed by atoms with Gasteiger partial charge in [-0.3, -0.25) is 9.59 Å². The Bertz CT molecular complexity index is 1300. The summed E-state index contributed by atoms with van der Waals surface area (Å²) < 4.78 is 28.3. The van der Waals surface area contributed by atoms with E-state index < -0.39 is 10.0 Å². The van der Waals surface area contributed by atoms with Gasteiger partial charge in [0.25, 0.3) is 5.91 Å². The minimum Gasteiger partial charge on any atom is -0.496 e. The number of primary sulfonamides is 1.